The molecule has 1 unspecified atom stereocenters. The van der Waals surface area contributed by atoms with Gasteiger partial charge in [-0.2, -0.15) is 11.8 Å². The van der Waals surface area contributed by atoms with E-state index in [2.05, 4.69) is 11.8 Å². The molecule has 2 nitrogen and oxygen atoms in total. The fraction of sp³-hybridized carbons (Fsp3) is 0.417. The number of aldehydes is 1. The fourth-order valence-electron chi connectivity index (χ4n) is 1.86. The zero-order valence-corrected chi connectivity index (χ0v) is 10.7. The van der Waals surface area contributed by atoms with Crippen molar-refractivity contribution in [3.8, 4) is 0 Å². The number of rotatable bonds is 2. The van der Waals surface area contributed by atoms with E-state index in [4.69, 9.17) is 11.6 Å². The maximum atomic E-state index is 10.7. The number of carbonyl (C=O) groups excluding carboxylic acids is 1. The predicted octanol–water partition coefficient (Wildman–Crippen LogP) is 3.09. The molecular formula is C12H14ClNOS. The largest absolute Gasteiger partial charge is 0.370 e. The van der Waals surface area contributed by atoms with E-state index in [1.165, 1.54) is 0 Å². The van der Waals surface area contributed by atoms with E-state index >= 15 is 0 Å². The quantitative estimate of drug-likeness (QED) is 0.758. The van der Waals surface area contributed by atoms with Gasteiger partial charge >= 0.3 is 0 Å². The molecule has 1 aliphatic heterocycles. The summed E-state index contributed by atoms with van der Waals surface area (Å²) in [4.78, 5) is 13.0. The number of nitrogens with zero attached hydrogens (tertiary/aromatic N) is 1. The highest BCUT2D eigenvalue weighted by Gasteiger charge is 2.17. The van der Waals surface area contributed by atoms with Crippen LogP contribution in [0.2, 0.25) is 5.02 Å². The second-order valence-corrected chi connectivity index (χ2v) is 5.90. The molecule has 86 valence electrons. The van der Waals surface area contributed by atoms with E-state index in [0.717, 1.165) is 30.8 Å². The molecule has 1 saturated heterocycles. The second-order valence-electron chi connectivity index (χ2n) is 3.95. The van der Waals surface area contributed by atoms with Crippen LogP contribution >= 0.6 is 23.4 Å². The molecular weight excluding hydrogens is 242 g/mol. The molecule has 0 aliphatic carbocycles. The van der Waals surface area contributed by atoms with Gasteiger partial charge in [0.05, 0.1) is 5.02 Å². The number of hydrogen-bond donors (Lipinski definition) is 0. The Morgan fingerprint density at radius 3 is 3.00 bits per heavy atom. The van der Waals surface area contributed by atoms with Crippen LogP contribution in [0.3, 0.4) is 0 Å². The summed E-state index contributed by atoms with van der Waals surface area (Å²) in [5.74, 6) is 1.15. The van der Waals surface area contributed by atoms with Gasteiger partial charge in [-0.3, -0.25) is 4.79 Å². The van der Waals surface area contributed by atoms with Gasteiger partial charge in [0.25, 0.3) is 0 Å². The van der Waals surface area contributed by atoms with Gasteiger partial charge in [0.1, 0.15) is 0 Å². The van der Waals surface area contributed by atoms with Gasteiger partial charge in [0.15, 0.2) is 6.29 Å². The lowest BCUT2D eigenvalue weighted by molar-refractivity contribution is 0.112. The first-order valence-corrected chi connectivity index (χ1v) is 6.74. The van der Waals surface area contributed by atoms with Crippen molar-refractivity contribution in [3.05, 3.63) is 28.8 Å². The Hall–Kier alpha value is -0.670. The summed E-state index contributed by atoms with van der Waals surface area (Å²) >= 11 is 8.02. The molecule has 0 N–H and O–H groups in total. The van der Waals surface area contributed by atoms with Crippen LogP contribution in [-0.4, -0.2) is 30.4 Å². The highest BCUT2D eigenvalue weighted by Crippen LogP contribution is 2.27. The van der Waals surface area contributed by atoms with Crippen LogP contribution < -0.4 is 4.90 Å². The SMILES string of the molecule is CC1CN(c2ccc(C=O)c(Cl)c2)CCS1. The van der Waals surface area contributed by atoms with Gasteiger partial charge in [-0.05, 0) is 18.2 Å². The number of hydrogen-bond acceptors (Lipinski definition) is 3. The Labute approximate surface area is 105 Å². The van der Waals surface area contributed by atoms with Crippen LogP contribution in [0.15, 0.2) is 18.2 Å². The fourth-order valence-corrected chi connectivity index (χ4v) is 3.09. The molecule has 0 amide bonds. The highest BCUT2D eigenvalue weighted by atomic mass is 35.5. The summed E-state index contributed by atoms with van der Waals surface area (Å²) in [6, 6.07) is 5.64. The molecule has 16 heavy (non-hydrogen) atoms. The molecule has 1 aromatic carbocycles. The van der Waals surface area contributed by atoms with Crippen LogP contribution in [0.1, 0.15) is 17.3 Å². The summed E-state index contributed by atoms with van der Waals surface area (Å²) < 4.78 is 0. The van der Waals surface area contributed by atoms with E-state index in [1.807, 2.05) is 23.9 Å². The van der Waals surface area contributed by atoms with Gasteiger partial charge in [-0.1, -0.05) is 18.5 Å². The van der Waals surface area contributed by atoms with E-state index in [9.17, 15) is 4.79 Å². The van der Waals surface area contributed by atoms with Crippen LogP contribution in [0.4, 0.5) is 5.69 Å². The highest BCUT2D eigenvalue weighted by molar-refractivity contribution is 8.00. The third-order valence-electron chi connectivity index (χ3n) is 2.72. The molecule has 1 atom stereocenters. The molecule has 0 spiro atoms. The van der Waals surface area contributed by atoms with Crippen LogP contribution in [0.5, 0.6) is 0 Å². The smallest absolute Gasteiger partial charge is 0.151 e. The molecule has 0 aromatic heterocycles. The summed E-state index contributed by atoms with van der Waals surface area (Å²) in [6.07, 6.45) is 0.792. The number of benzene rings is 1. The maximum Gasteiger partial charge on any atom is 0.151 e. The lowest BCUT2D eigenvalue weighted by Crippen LogP contribution is -2.36. The van der Waals surface area contributed by atoms with E-state index in [1.54, 1.807) is 6.07 Å². The Balaban J connectivity index is 2.20. The van der Waals surface area contributed by atoms with Crippen molar-refractivity contribution in [2.75, 3.05) is 23.7 Å². The monoisotopic (exact) mass is 255 g/mol. The van der Waals surface area contributed by atoms with E-state index in [0.29, 0.717) is 15.8 Å². The lowest BCUT2D eigenvalue weighted by atomic mass is 10.2. The van der Waals surface area contributed by atoms with Crippen LogP contribution in [-0.2, 0) is 0 Å². The van der Waals surface area contributed by atoms with Gasteiger partial charge in [0.2, 0.25) is 0 Å². The van der Waals surface area contributed by atoms with Crippen LogP contribution in [0.25, 0.3) is 0 Å². The van der Waals surface area contributed by atoms with Crippen molar-refractivity contribution < 1.29 is 4.79 Å². The summed E-state index contributed by atoms with van der Waals surface area (Å²) in [5, 5.41) is 1.19. The first-order valence-electron chi connectivity index (χ1n) is 5.32. The zero-order chi connectivity index (χ0) is 11.5. The average molecular weight is 256 g/mol. The first kappa shape index (κ1) is 11.8. The minimum atomic E-state index is 0.540. The average Bonchev–Trinajstić information content (AvgIpc) is 2.29. The lowest BCUT2D eigenvalue weighted by Gasteiger charge is -2.32. The van der Waals surface area contributed by atoms with Gasteiger partial charge in [0, 0.05) is 35.3 Å². The Kier molecular flexibility index (Phi) is 3.77. The number of anilines is 1. The normalized spacial score (nSPS) is 20.9. The molecule has 1 heterocycles. The maximum absolute atomic E-state index is 10.7. The minimum absolute atomic E-state index is 0.540. The third-order valence-corrected chi connectivity index (χ3v) is 4.18. The summed E-state index contributed by atoms with van der Waals surface area (Å²) in [7, 11) is 0. The van der Waals surface area contributed by atoms with E-state index < -0.39 is 0 Å². The molecule has 1 aliphatic rings. The minimum Gasteiger partial charge on any atom is -0.370 e. The topological polar surface area (TPSA) is 20.3 Å². The zero-order valence-electron chi connectivity index (χ0n) is 9.15. The van der Waals surface area contributed by atoms with Crippen molar-refractivity contribution in [1.29, 1.82) is 0 Å². The van der Waals surface area contributed by atoms with E-state index in [-0.39, 0.29) is 0 Å². The Bertz CT molecular complexity index is 397. The molecule has 4 heteroatoms. The molecule has 1 aromatic rings. The van der Waals surface area contributed by atoms with Crippen molar-refractivity contribution in [2.45, 2.75) is 12.2 Å². The number of thioether (sulfide) groups is 1. The Morgan fingerprint density at radius 1 is 1.56 bits per heavy atom. The first-order chi connectivity index (χ1) is 7.70. The van der Waals surface area contributed by atoms with Gasteiger partial charge in [-0.25, -0.2) is 0 Å². The standard InChI is InChI=1S/C12H14ClNOS/c1-9-7-14(4-5-16-9)11-3-2-10(8-15)12(13)6-11/h2-3,6,8-9H,4-5,7H2,1H3. The van der Waals surface area contributed by atoms with Crippen molar-refractivity contribution >= 4 is 35.3 Å². The van der Waals surface area contributed by atoms with Crippen molar-refractivity contribution in [1.82, 2.24) is 0 Å². The second kappa shape index (κ2) is 5.11. The Morgan fingerprint density at radius 2 is 2.38 bits per heavy atom. The molecule has 0 radical (unpaired) electrons. The molecule has 0 bridgehead atoms. The summed E-state index contributed by atoms with van der Waals surface area (Å²) in [6.45, 7) is 4.32. The molecule has 2 rings (SSSR count). The third kappa shape index (κ3) is 2.53. The van der Waals surface area contributed by atoms with Crippen molar-refractivity contribution in [3.63, 3.8) is 0 Å². The number of carbonyl (C=O) groups is 1. The van der Waals surface area contributed by atoms with Gasteiger partial charge < -0.3 is 4.90 Å². The number of halogens is 1. The predicted molar refractivity (Wildman–Crippen MR) is 71.0 cm³/mol. The van der Waals surface area contributed by atoms with Crippen LogP contribution in [0, 0.1) is 0 Å². The summed E-state index contributed by atoms with van der Waals surface area (Å²) in [5.41, 5.74) is 1.67. The van der Waals surface area contributed by atoms with Crippen molar-refractivity contribution in [2.24, 2.45) is 0 Å². The molecule has 0 saturated carbocycles. The van der Waals surface area contributed by atoms with Gasteiger partial charge in [-0.15, -0.1) is 0 Å². The molecule has 1 fully saturated rings.